The van der Waals surface area contributed by atoms with Gasteiger partial charge in [0, 0.05) is 8.95 Å². The fourth-order valence-corrected chi connectivity index (χ4v) is 3.40. The van der Waals surface area contributed by atoms with Gasteiger partial charge in [-0.15, -0.1) is 0 Å². The van der Waals surface area contributed by atoms with E-state index >= 15 is 0 Å². The second-order valence-corrected chi connectivity index (χ2v) is 6.41. The van der Waals surface area contributed by atoms with Crippen molar-refractivity contribution in [3.63, 3.8) is 0 Å². The number of methoxy groups -OCH3 is 2. The summed E-state index contributed by atoms with van der Waals surface area (Å²) >= 11 is 7.03. The number of nitrogens with zero attached hydrogens (tertiary/aromatic N) is 4. The van der Waals surface area contributed by atoms with Crippen LogP contribution in [0.15, 0.2) is 45.3 Å². The third-order valence-corrected chi connectivity index (χ3v) is 4.53. The molecule has 3 rings (SSSR count). The summed E-state index contributed by atoms with van der Waals surface area (Å²) in [5.41, 5.74) is 1.60. The van der Waals surface area contributed by atoms with E-state index in [1.54, 1.807) is 18.9 Å². The largest absolute Gasteiger partial charge is 0.497 e. The SMILES string of the molecule is COc1ccc(-n2nnnc2Nc2c(Br)cc(OC)cc2Br)cc1. The summed E-state index contributed by atoms with van der Waals surface area (Å²) in [6.45, 7) is 0. The maximum atomic E-state index is 5.24. The van der Waals surface area contributed by atoms with Crippen molar-refractivity contribution in [2.24, 2.45) is 0 Å². The van der Waals surface area contributed by atoms with Crippen LogP contribution in [0.4, 0.5) is 11.6 Å². The van der Waals surface area contributed by atoms with E-state index in [0.717, 1.165) is 31.8 Å². The highest BCUT2D eigenvalue weighted by Crippen LogP contribution is 2.36. The second-order valence-electron chi connectivity index (χ2n) is 4.70. The van der Waals surface area contributed by atoms with Crippen LogP contribution in [-0.2, 0) is 0 Å². The Morgan fingerprint density at radius 1 is 0.958 bits per heavy atom. The first-order chi connectivity index (χ1) is 11.6. The Morgan fingerprint density at radius 3 is 2.17 bits per heavy atom. The Bertz CT molecular complexity index is 828. The average Bonchev–Trinajstić information content (AvgIpc) is 3.06. The van der Waals surface area contributed by atoms with Crippen LogP contribution < -0.4 is 14.8 Å². The van der Waals surface area contributed by atoms with Gasteiger partial charge >= 0.3 is 0 Å². The summed E-state index contributed by atoms with van der Waals surface area (Å²) in [6.07, 6.45) is 0. The average molecular weight is 455 g/mol. The summed E-state index contributed by atoms with van der Waals surface area (Å²) in [5.74, 6) is 1.97. The van der Waals surface area contributed by atoms with Crippen molar-refractivity contribution in [2.45, 2.75) is 0 Å². The lowest BCUT2D eigenvalue weighted by Crippen LogP contribution is -2.04. The number of anilines is 2. The second kappa shape index (κ2) is 7.18. The molecule has 9 heteroatoms. The van der Waals surface area contributed by atoms with Crippen molar-refractivity contribution in [3.05, 3.63) is 45.3 Å². The molecular weight excluding hydrogens is 442 g/mol. The summed E-state index contributed by atoms with van der Waals surface area (Å²) in [5, 5.41) is 15.0. The lowest BCUT2D eigenvalue weighted by Gasteiger charge is -2.12. The molecule has 7 nitrogen and oxygen atoms in total. The number of aromatic nitrogens is 4. The molecule has 0 unspecified atom stereocenters. The maximum absolute atomic E-state index is 5.24. The van der Waals surface area contributed by atoms with Crippen LogP contribution in [0, 0.1) is 0 Å². The van der Waals surface area contributed by atoms with Crippen molar-refractivity contribution in [2.75, 3.05) is 19.5 Å². The summed E-state index contributed by atoms with van der Waals surface area (Å²) in [7, 11) is 3.24. The normalized spacial score (nSPS) is 10.5. The first-order valence-electron chi connectivity index (χ1n) is 6.85. The Balaban J connectivity index is 1.94. The zero-order valence-corrected chi connectivity index (χ0v) is 16.0. The van der Waals surface area contributed by atoms with Crippen LogP contribution in [0.1, 0.15) is 0 Å². The number of hydrogen-bond acceptors (Lipinski definition) is 6. The smallest absolute Gasteiger partial charge is 0.252 e. The molecule has 0 saturated heterocycles. The number of halogens is 2. The quantitative estimate of drug-likeness (QED) is 0.629. The lowest BCUT2D eigenvalue weighted by molar-refractivity contribution is 0.414. The van der Waals surface area contributed by atoms with Gasteiger partial charge in [-0.2, -0.15) is 4.68 Å². The Morgan fingerprint density at radius 2 is 1.58 bits per heavy atom. The molecule has 0 amide bonds. The zero-order valence-electron chi connectivity index (χ0n) is 12.8. The number of tetrazole rings is 1. The van der Waals surface area contributed by atoms with Crippen LogP contribution in [0.3, 0.4) is 0 Å². The predicted molar refractivity (Wildman–Crippen MR) is 97.4 cm³/mol. The van der Waals surface area contributed by atoms with Crippen LogP contribution in [0.5, 0.6) is 11.5 Å². The standard InChI is InChI=1S/C15H13Br2N5O2/c1-23-10-5-3-9(4-6-10)22-15(19-20-21-22)18-14-12(16)7-11(24-2)8-13(14)17/h3-8H,1-2H3,(H,18,19,21). The fraction of sp³-hybridized carbons (Fsp3) is 0.133. The zero-order chi connectivity index (χ0) is 17.1. The molecule has 24 heavy (non-hydrogen) atoms. The molecule has 2 aromatic carbocycles. The molecule has 1 heterocycles. The molecule has 0 aliphatic carbocycles. The van der Waals surface area contributed by atoms with Crippen molar-refractivity contribution in [1.82, 2.24) is 20.2 Å². The first-order valence-corrected chi connectivity index (χ1v) is 8.44. The molecule has 1 N–H and O–H groups in total. The molecule has 0 atom stereocenters. The molecule has 0 bridgehead atoms. The van der Waals surface area contributed by atoms with Crippen molar-refractivity contribution in [1.29, 1.82) is 0 Å². The van der Waals surface area contributed by atoms with Gasteiger partial charge in [-0.05, 0) is 78.7 Å². The maximum Gasteiger partial charge on any atom is 0.252 e. The third-order valence-electron chi connectivity index (χ3n) is 3.27. The third kappa shape index (κ3) is 3.36. The van der Waals surface area contributed by atoms with E-state index in [9.17, 15) is 0 Å². The summed E-state index contributed by atoms with van der Waals surface area (Å²) < 4.78 is 13.6. The monoisotopic (exact) mass is 453 g/mol. The van der Waals surface area contributed by atoms with Gasteiger partial charge < -0.3 is 14.8 Å². The van der Waals surface area contributed by atoms with E-state index in [1.165, 1.54) is 0 Å². The highest BCUT2D eigenvalue weighted by Gasteiger charge is 2.14. The number of rotatable bonds is 5. The van der Waals surface area contributed by atoms with Gasteiger partial charge in [0.25, 0.3) is 5.95 Å². The van der Waals surface area contributed by atoms with E-state index in [1.807, 2.05) is 36.4 Å². The van der Waals surface area contributed by atoms with E-state index in [0.29, 0.717) is 5.95 Å². The van der Waals surface area contributed by atoms with Crippen molar-refractivity contribution >= 4 is 43.5 Å². The number of nitrogens with one attached hydrogen (secondary N) is 1. The topological polar surface area (TPSA) is 74.1 Å². The molecule has 0 aliphatic heterocycles. The highest BCUT2D eigenvalue weighted by atomic mass is 79.9. The van der Waals surface area contributed by atoms with E-state index in [4.69, 9.17) is 9.47 Å². The number of benzene rings is 2. The Hall–Kier alpha value is -2.13. The Labute approximate surface area is 155 Å². The van der Waals surface area contributed by atoms with Gasteiger partial charge in [0.05, 0.1) is 25.6 Å². The molecule has 0 radical (unpaired) electrons. The minimum absolute atomic E-state index is 0.478. The van der Waals surface area contributed by atoms with Gasteiger partial charge in [-0.25, -0.2) is 0 Å². The molecule has 1 aromatic heterocycles. The van der Waals surface area contributed by atoms with E-state index < -0.39 is 0 Å². The van der Waals surface area contributed by atoms with Crippen LogP contribution in [0.25, 0.3) is 5.69 Å². The fourth-order valence-electron chi connectivity index (χ4n) is 2.06. The van der Waals surface area contributed by atoms with Crippen molar-refractivity contribution in [3.8, 4) is 17.2 Å². The minimum Gasteiger partial charge on any atom is -0.497 e. The number of ether oxygens (including phenoxy) is 2. The van der Waals surface area contributed by atoms with Crippen molar-refractivity contribution < 1.29 is 9.47 Å². The van der Waals surface area contributed by atoms with Gasteiger partial charge in [0.2, 0.25) is 0 Å². The molecule has 0 spiro atoms. The summed E-state index contributed by atoms with van der Waals surface area (Å²) in [4.78, 5) is 0. The van der Waals surface area contributed by atoms with E-state index in [-0.39, 0.29) is 0 Å². The van der Waals surface area contributed by atoms with E-state index in [2.05, 4.69) is 52.7 Å². The first kappa shape index (κ1) is 16.7. The molecule has 0 aliphatic rings. The van der Waals surface area contributed by atoms with Crippen LogP contribution >= 0.6 is 31.9 Å². The Kier molecular flexibility index (Phi) is 5.00. The molecule has 3 aromatic rings. The van der Waals surface area contributed by atoms with Gasteiger partial charge in [-0.1, -0.05) is 5.10 Å². The highest BCUT2D eigenvalue weighted by molar-refractivity contribution is 9.11. The van der Waals surface area contributed by atoms with Gasteiger partial charge in [0.15, 0.2) is 0 Å². The van der Waals surface area contributed by atoms with Crippen LogP contribution in [-0.4, -0.2) is 34.4 Å². The summed E-state index contributed by atoms with van der Waals surface area (Å²) in [6, 6.07) is 11.2. The molecule has 124 valence electrons. The molecule has 0 fully saturated rings. The predicted octanol–water partition coefficient (Wildman–Crippen LogP) is 3.95. The minimum atomic E-state index is 0.478. The number of hydrogen-bond donors (Lipinski definition) is 1. The molecule has 0 saturated carbocycles. The lowest BCUT2D eigenvalue weighted by atomic mass is 10.3. The van der Waals surface area contributed by atoms with Gasteiger partial charge in [-0.3, -0.25) is 0 Å². The molecular formula is C15H13Br2N5O2. The van der Waals surface area contributed by atoms with Gasteiger partial charge in [0.1, 0.15) is 11.5 Å². The van der Waals surface area contributed by atoms with Crippen LogP contribution in [0.2, 0.25) is 0 Å².